The molecule has 0 bridgehead atoms. The maximum Gasteiger partial charge on any atom is 0.215 e. The van der Waals surface area contributed by atoms with Crippen LogP contribution in [0.2, 0.25) is 0 Å². The maximum atomic E-state index is 10.9. The molecule has 8 heteroatoms. The fourth-order valence-corrected chi connectivity index (χ4v) is 4.96. The summed E-state index contributed by atoms with van der Waals surface area (Å²) in [5.74, 6) is 0.939. The Bertz CT molecular complexity index is 1260. The smallest absolute Gasteiger partial charge is 0.215 e. The number of benzene rings is 2. The van der Waals surface area contributed by atoms with Crippen molar-refractivity contribution in [3.63, 3.8) is 0 Å². The zero-order valence-electron chi connectivity index (χ0n) is 18.7. The lowest BCUT2D eigenvalue weighted by Gasteiger charge is -2.17. The summed E-state index contributed by atoms with van der Waals surface area (Å²) in [5.41, 5.74) is 1.61. The van der Waals surface area contributed by atoms with Crippen LogP contribution in [0.3, 0.4) is 0 Å². The Morgan fingerprint density at radius 3 is 2.55 bits per heavy atom. The Balaban J connectivity index is 0.00000306. The van der Waals surface area contributed by atoms with E-state index in [9.17, 15) is 5.11 Å². The van der Waals surface area contributed by atoms with Gasteiger partial charge in [-0.15, -0.1) is 23.7 Å². The summed E-state index contributed by atoms with van der Waals surface area (Å²) >= 11 is 6.90. The lowest BCUT2D eigenvalue weighted by molar-refractivity contribution is 0.249. The first-order chi connectivity index (χ1) is 15.6. The molecule has 0 unspecified atom stereocenters. The number of hydrogen-bond donors (Lipinski definition) is 1. The molecule has 0 aliphatic carbocycles. The van der Waals surface area contributed by atoms with Crippen molar-refractivity contribution in [2.45, 2.75) is 20.3 Å². The molecule has 1 N–H and O–H groups in total. The molecule has 0 saturated carbocycles. The lowest BCUT2D eigenvalue weighted by atomic mass is 10.2. The second-order valence-electron chi connectivity index (χ2n) is 7.50. The van der Waals surface area contributed by atoms with Gasteiger partial charge in [-0.25, -0.2) is 4.99 Å². The number of para-hydroxylation sites is 1. The van der Waals surface area contributed by atoms with Gasteiger partial charge in [0.25, 0.3) is 0 Å². The predicted octanol–water partition coefficient (Wildman–Crippen LogP) is 4.96. The van der Waals surface area contributed by atoms with Crippen LogP contribution in [-0.2, 0) is 0 Å². The summed E-state index contributed by atoms with van der Waals surface area (Å²) in [6.07, 6.45) is 4.87. The topological polar surface area (TPSA) is 50.0 Å². The van der Waals surface area contributed by atoms with E-state index in [4.69, 9.17) is 17.0 Å². The summed E-state index contributed by atoms with van der Waals surface area (Å²) in [7, 11) is 0. The normalized spacial score (nSPS) is 13.4. The van der Waals surface area contributed by atoms with Gasteiger partial charge in [0.2, 0.25) is 5.88 Å². The lowest BCUT2D eigenvalue weighted by Crippen LogP contribution is -2.25. The molecular formula is C25H28ClN3O2S2. The number of hydrogen-bond acceptors (Lipinski definition) is 6. The summed E-state index contributed by atoms with van der Waals surface area (Å²) in [6.45, 7) is 8.20. The molecule has 5 nitrogen and oxygen atoms in total. The van der Waals surface area contributed by atoms with Crippen molar-refractivity contribution in [2.24, 2.45) is 4.99 Å². The number of nitrogens with zero attached hydrogens (tertiary/aromatic N) is 3. The fraction of sp³-hybridized carbons (Fsp3) is 0.280. The standard InChI is InChI=1S/C25H27N3O2S2.ClH/c1-3-27(4-2)14-7-15-30-21-12-10-20(11-13-21)28-24(29)23(32-25(28)31)17-19-16-18-8-5-6-9-22(18)26-19;/h5-6,8-13,16-17,29H,3-4,7,14-15H2,1-2H3;1H/b19-17-;. The number of thiazole rings is 1. The number of allylic oxidation sites excluding steroid dienone is 1. The first-order valence-corrected chi connectivity index (χ1v) is 12.1. The Morgan fingerprint density at radius 1 is 1.12 bits per heavy atom. The van der Waals surface area contributed by atoms with Gasteiger partial charge < -0.3 is 14.7 Å². The van der Waals surface area contributed by atoms with Crippen molar-refractivity contribution in [1.82, 2.24) is 9.47 Å². The van der Waals surface area contributed by atoms with Gasteiger partial charge in [-0.1, -0.05) is 32.0 Å². The van der Waals surface area contributed by atoms with Crippen molar-refractivity contribution in [3.8, 4) is 17.3 Å². The van der Waals surface area contributed by atoms with E-state index < -0.39 is 0 Å². The average Bonchev–Trinajstić information content (AvgIpc) is 3.34. The molecule has 0 atom stereocenters. The molecule has 1 aliphatic rings. The minimum Gasteiger partial charge on any atom is -0.494 e. The van der Waals surface area contributed by atoms with Gasteiger partial charge in [0.1, 0.15) is 5.75 Å². The van der Waals surface area contributed by atoms with Crippen molar-refractivity contribution in [2.75, 3.05) is 26.2 Å². The molecule has 174 valence electrons. The molecule has 0 fully saturated rings. The molecule has 0 radical (unpaired) electrons. The summed E-state index contributed by atoms with van der Waals surface area (Å²) in [4.78, 5) is 7.68. The fourth-order valence-electron chi connectivity index (χ4n) is 3.66. The van der Waals surface area contributed by atoms with Gasteiger partial charge >= 0.3 is 0 Å². The van der Waals surface area contributed by atoms with Crippen LogP contribution in [0.25, 0.3) is 17.8 Å². The highest BCUT2D eigenvalue weighted by Crippen LogP contribution is 2.32. The van der Waals surface area contributed by atoms with Gasteiger partial charge in [0.15, 0.2) is 3.95 Å². The molecular weight excluding hydrogens is 474 g/mol. The van der Waals surface area contributed by atoms with Crippen molar-refractivity contribution in [3.05, 3.63) is 73.6 Å². The van der Waals surface area contributed by atoms with Crippen molar-refractivity contribution >= 4 is 48.1 Å². The number of rotatable bonds is 9. The van der Waals surface area contributed by atoms with E-state index in [1.54, 1.807) is 4.57 Å². The van der Waals surface area contributed by atoms with E-state index in [-0.39, 0.29) is 18.3 Å². The molecule has 0 spiro atoms. The van der Waals surface area contributed by atoms with E-state index >= 15 is 0 Å². The van der Waals surface area contributed by atoms with Gasteiger partial charge in [-0.05, 0) is 74.2 Å². The van der Waals surface area contributed by atoms with E-state index in [1.807, 2.05) is 60.7 Å². The second kappa shape index (κ2) is 11.6. The highest BCUT2D eigenvalue weighted by Gasteiger charge is 2.13. The van der Waals surface area contributed by atoms with E-state index in [0.717, 1.165) is 53.8 Å². The van der Waals surface area contributed by atoms with Crippen LogP contribution in [0.1, 0.15) is 25.1 Å². The summed E-state index contributed by atoms with van der Waals surface area (Å²) in [6, 6.07) is 15.6. The van der Waals surface area contributed by atoms with E-state index in [1.165, 1.54) is 11.3 Å². The first kappa shape index (κ1) is 25.2. The minimum absolute atomic E-state index is 0. The monoisotopic (exact) mass is 501 g/mol. The highest BCUT2D eigenvalue weighted by atomic mass is 35.5. The third kappa shape index (κ3) is 5.92. The van der Waals surface area contributed by atoms with Crippen LogP contribution in [0.4, 0.5) is 0 Å². The van der Waals surface area contributed by atoms with Crippen LogP contribution < -0.4 is 15.3 Å². The number of aromatic nitrogens is 1. The molecule has 4 rings (SSSR count). The molecule has 1 aromatic heterocycles. The molecule has 33 heavy (non-hydrogen) atoms. The second-order valence-corrected chi connectivity index (χ2v) is 9.17. The molecule has 0 saturated heterocycles. The number of fused-ring (bicyclic) bond motifs is 1. The third-order valence-corrected chi connectivity index (χ3v) is 6.77. The van der Waals surface area contributed by atoms with Gasteiger partial charge in [-0.3, -0.25) is 4.57 Å². The van der Waals surface area contributed by atoms with Crippen LogP contribution >= 0.6 is 36.0 Å². The largest absolute Gasteiger partial charge is 0.494 e. The van der Waals surface area contributed by atoms with Gasteiger partial charge in [0.05, 0.1) is 28.2 Å². The Hall–Kier alpha value is -2.45. The zero-order chi connectivity index (χ0) is 22.5. The molecule has 2 heterocycles. The van der Waals surface area contributed by atoms with E-state index in [0.29, 0.717) is 15.4 Å². The summed E-state index contributed by atoms with van der Waals surface area (Å²) < 4.78 is 8.13. The molecule has 2 aromatic carbocycles. The molecule has 0 amide bonds. The number of ether oxygens (including phenoxy) is 1. The molecule has 1 aliphatic heterocycles. The number of aromatic hydroxyl groups is 1. The Kier molecular flexibility index (Phi) is 8.86. The SMILES string of the molecule is CCN(CC)CCCOc1ccc(-n2c(O)c(/C=C3/C=c4ccccc4=N3)sc2=S)cc1.Cl. The van der Waals surface area contributed by atoms with Gasteiger partial charge in [0, 0.05) is 11.8 Å². The van der Waals surface area contributed by atoms with Crippen LogP contribution in [0.15, 0.2) is 59.2 Å². The van der Waals surface area contributed by atoms with Crippen molar-refractivity contribution < 1.29 is 9.84 Å². The maximum absolute atomic E-state index is 10.9. The van der Waals surface area contributed by atoms with E-state index in [2.05, 4.69) is 23.7 Å². The number of halogens is 1. The zero-order valence-corrected chi connectivity index (χ0v) is 21.2. The van der Waals surface area contributed by atoms with Gasteiger partial charge in [-0.2, -0.15) is 0 Å². The highest BCUT2D eigenvalue weighted by molar-refractivity contribution is 7.73. The summed E-state index contributed by atoms with van der Waals surface area (Å²) in [5, 5.41) is 12.9. The predicted molar refractivity (Wildman–Crippen MR) is 141 cm³/mol. The van der Waals surface area contributed by atoms with Crippen LogP contribution in [0.5, 0.6) is 11.6 Å². The Labute approximate surface area is 209 Å². The Morgan fingerprint density at radius 2 is 1.85 bits per heavy atom. The quantitative estimate of drug-likeness (QED) is 0.332. The average molecular weight is 502 g/mol. The van der Waals surface area contributed by atoms with Crippen LogP contribution in [-0.4, -0.2) is 40.8 Å². The van der Waals surface area contributed by atoms with Crippen molar-refractivity contribution in [1.29, 1.82) is 0 Å². The first-order valence-electron chi connectivity index (χ1n) is 10.9. The molecule has 3 aromatic rings. The minimum atomic E-state index is 0. The third-order valence-electron chi connectivity index (χ3n) is 5.46. The van der Waals surface area contributed by atoms with Crippen LogP contribution in [0, 0.1) is 3.95 Å².